The number of rotatable bonds is 2. The molecule has 3 N–H and O–H groups in total. The summed E-state index contributed by atoms with van der Waals surface area (Å²) in [7, 11) is 0. The Morgan fingerprint density at radius 1 is 1.13 bits per heavy atom. The van der Waals surface area contributed by atoms with Gasteiger partial charge in [-0.2, -0.15) is 0 Å². The second-order valence-electron chi connectivity index (χ2n) is 11.0. The van der Waals surface area contributed by atoms with Gasteiger partial charge in [-0.25, -0.2) is 0 Å². The lowest BCUT2D eigenvalue weighted by atomic mass is 9.57. The van der Waals surface area contributed by atoms with Gasteiger partial charge in [0.1, 0.15) is 0 Å². The molecule has 2 bridgehead atoms. The second-order valence-corrected chi connectivity index (χ2v) is 11.0. The van der Waals surface area contributed by atoms with E-state index >= 15 is 0 Å². The van der Waals surface area contributed by atoms with E-state index in [1.165, 1.54) is 29.4 Å². The molecule has 5 nitrogen and oxygen atoms in total. The van der Waals surface area contributed by atoms with Crippen LogP contribution in [0.3, 0.4) is 0 Å². The first-order valence-corrected chi connectivity index (χ1v) is 11.7. The lowest BCUT2D eigenvalue weighted by molar-refractivity contribution is -0.0887. The maximum absolute atomic E-state index is 12.7. The number of phenols is 1. The van der Waals surface area contributed by atoms with E-state index < -0.39 is 11.0 Å². The van der Waals surface area contributed by atoms with Crippen molar-refractivity contribution in [3.05, 3.63) is 58.8 Å². The minimum atomic E-state index is -0.880. The number of nitrogens with one attached hydrogen (secondary N) is 1. The van der Waals surface area contributed by atoms with Gasteiger partial charge < -0.3 is 19.9 Å². The van der Waals surface area contributed by atoms with Gasteiger partial charge >= 0.3 is 0 Å². The Balaban J connectivity index is 1.36. The largest absolute Gasteiger partial charge is 0.504 e. The zero-order valence-corrected chi connectivity index (χ0v) is 17.2. The monoisotopic (exact) mass is 412 g/mol. The lowest BCUT2D eigenvalue weighted by Gasteiger charge is -2.50. The normalized spacial score (nSPS) is 42.2. The fraction of sp³-hybridized carbons (Fsp3) is 0.462. The molecule has 0 amide bonds. The van der Waals surface area contributed by atoms with Crippen LogP contribution in [0.2, 0.25) is 0 Å². The summed E-state index contributed by atoms with van der Waals surface area (Å²) in [5.74, 6) is 1.62. The number of H-pyrrole nitrogens is 1. The van der Waals surface area contributed by atoms with Crippen molar-refractivity contribution in [1.29, 1.82) is 0 Å². The van der Waals surface area contributed by atoms with Gasteiger partial charge in [-0.15, -0.1) is 0 Å². The van der Waals surface area contributed by atoms with E-state index in [0.717, 1.165) is 42.1 Å². The van der Waals surface area contributed by atoms with Crippen molar-refractivity contribution in [3.8, 4) is 11.5 Å². The van der Waals surface area contributed by atoms with E-state index in [2.05, 4.69) is 40.2 Å². The first kappa shape index (κ1) is 16.2. The zero-order valence-electron chi connectivity index (χ0n) is 17.2. The first-order valence-electron chi connectivity index (χ1n) is 11.7. The van der Waals surface area contributed by atoms with Crippen LogP contribution in [-0.2, 0) is 18.3 Å². The van der Waals surface area contributed by atoms with E-state index in [9.17, 15) is 10.2 Å². The smallest absolute Gasteiger partial charge is 0.166 e. The molecule has 4 unspecified atom stereocenters. The SMILES string of the molecule is Oc1ccc2c3c1O[C@H]1c4[nH]c5ccccc5c4C[C@@]4(O)C5N(CC6CC6)C5(C2)CC314. The molecule has 9 rings (SSSR count). The number of aromatic nitrogens is 1. The molecule has 5 heteroatoms. The molecule has 3 heterocycles. The molecule has 1 saturated heterocycles. The van der Waals surface area contributed by atoms with Crippen LogP contribution in [0, 0.1) is 5.92 Å². The summed E-state index contributed by atoms with van der Waals surface area (Å²) in [4.78, 5) is 6.29. The van der Waals surface area contributed by atoms with Crippen LogP contribution in [0.15, 0.2) is 36.4 Å². The summed E-state index contributed by atoms with van der Waals surface area (Å²) in [6, 6.07) is 12.4. The number of benzene rings is 2. The average molecular weight is 412 g/mol. The molecule has 3 fully saturated rings. The van der Waals surface area contributed by atoms with Crippen molar-refractivity contribution in [2.75, 3.05) is 6.54 Å². The van der Waals surface area contributed by atoms with Crippen molar-refractivity contribution in [3.63, 3.8) is 0 Å². The maximum atomic E-state index is 12.7. The van der Waals surface area contributed by atoms with Gasteiger partial charge in [0.15, 0.2) is 17.6 Å². The molecule has 4 aliphatic carbocycles. The molecule has 31 heavy (non-hydrogen) atoms. The molecule has 1 aromatic heterocycles. The third-order valence-corrected chi connectivity index (χ3v) is 9.69. The summed E-state index contributed by atoms with van der Waals surface area (Å²) in [6.07, 6.45) is 4.92. The molecule has 0 radical (unpaired) electrons. The molecule has 156 valence electrons. The van der Waals surface area contributed by atoms with E-state index in [0.29, 0.717) is 12.2 Å². The van der Waals surface area contributed by atoms with Crippen molar-refractivity contribution in [2.24, 2.45) is 5.92 Å². The van der Waals surface area contributed by atoms with Crippen LogP contribution < -0.4 is 4.74 Å². The fourth-order valence-corrected chi connectivity index (χ4v) is 8.48. The molecular weight excluding hydrogens is 388 g/mol. The number of hydrogen-bond donors (Lipinski definition) is 3. The number of aromatic amines is 1. The lowest BCUT2D eigenvalue weighted by Crippen LogP contribution is -2.61. The molecule has 2 spiro atoms. The highest BCUT2D eigenvalue weighted by Gasteiger charge is 2.88. The van der Waals surface area contributed by atoms with Crippen LogP contribution in [0.1, 0.15) is 47.8 Å². The number of hydrogen-bond acceptors (Lipinski definition) is 4. The highest BCUT2D eigenvalue weighted by Crippen LogP contribution is 2.79. The van der Waals surface area contributed by atoms with Gasteiger partial charge in [0, 0.05) is 35.0 Å². The topological polar surface area (TPSA) is 68.5 Å². The Bertz CT molecular complexity index is 1360. The third kappa shape index (κ3) is 1.49. The predicted molar refractivity (Wildman–Crippen MR) is 114 cm³/mol. The Kier molecular flexibility index (Phi) is 2.35. The van der Waals surface area contributed by atoms with E-state index in [1.807, 2.05) is 0 Å². The quantitative estimate of drug-likeness (QED) is 0.565. The molecule has 6 aliphatic rings. The summed E-state index contributed by atoms with van der Waals surface area (Å²) >= 11 is 0. The highest BCUT2D eigenvalue weighted by molar-refractivity contribution is 5.86. The third-order valence-electron chi connectivity index (χ3n) is 9.69. The number of para-hydroxylation sites is 1. The van der Waals surface area contributed by atoms with Gasteiger partial charge in [-0.3, -0.25) is 4.90 Å². The number of piperidine rings is 1. The Morgan fingerprint density at radius 3 is 2.87 bits per heavy atom. The molecule has 2 aromatic carbocycles. The zero-order chi connectivity index (χ0) is 20.3. The molecule has 6 atom stereocenters. The van der Waals surface area contributed by atoms with E-state index in [4.69, 9.17) is 4.74 Å². The predicted octanol–water partition coefficient (Wildman–Crippen LogP) is 3.33. The number of aromatic hydroxyl groups is 1. The van der Waals surface area contributed by atoms with Gasteiger partial charge in [0.25, 0.3) is 0 Å². The summed E-state index contributed by atoms with van der Waals surface area (Å²) in [6.45, 7) is 1.12. The van der Waals surface area contributed by atoms with Crippen LogP contribution in [-0.4, -0.2) is 43.8 Å². The van der Waals surface area contributed by atoms with E-state index in [-0.39, 0.29) is 23.4 Å². The minimum absolute atomic E-state index is 0.0454. The number of likely N-dealkylation sites (tertiary alicyclic amines) is 1. The van der Waals surface area contributed by atoms with Crippen LogP contribution in [0.25, 0.3) is 10.9 Å². The fourth-order valence-electron chi connectivity index (χ4n) is 8.48. The van der Waals surface area contributed by atoms with Crippen LogP contribution in [0.5, 0.6) is 11.5 Å². The number of phenolic OH excluding ortho intramolecular Hbond substituents is 1. The second kappa shape index (κ2) is 4.50. The van der Waals surface area contributed by atoms with Crippen molar-refractivity contribution >= 4 is 10.9 Å². The number of nitrogens with zero attached hydrogens (tertiary/aromatic N) is 1. The van der Waals surface area contributed by atoms with Crippen LogP contribution in [0.4, 0.5) is 0 Å². The summed E-state index contributed by atoms with van der Waals surface area (Å²) in [5, 5.41) is 24.7. The van der Waals surface area contributed by atoms with Gasteiger partial charge in [0.05, 0.1) is 22.8 Å². The van der Waals surface area contributed by atoms with Gasteiger partial charge in [-0.1, -0.05) is 24.3 Å². The summed E-state index contributed by atoms with van der Waals surface area (Å²) < 4.78 is 6.61. The number of ether oxygens (including phenoxy) is 1. The van der Waals surface area contributed by atoms with E-state index in [1.54, 1.807) is 6.07 Å². The minimum Gasteiger partial charge on any atom is -0.504 e. The molecule has 3 aromatic rings. The highest BCUT2D eigenvalue weighted by atomic mass is 16.5. The molecular formula is C26H24N2O3. The Morgan fingerprint density at radius 2 is 2.00 bits per heavy atom. The summed E-state index contributed by atoms with van der Waals surface area (Å²) in [5.41, 5.74) is 4.44. The Hall–Kier alpha value is -2.50. The van der Waals surface area contributed by atoms with Crippen molar-refractivity contribution in [1.82, 2.24) is 9.88 Å². The average Bonchev–Trinajstić information content (AvgIpc) is 3.57. The first-order chi connectivity index (χ1) is 15.1. The van der Waals surface area contributed by atoms with Crippen molar-refractivity contribution < 1.29 is 14.9 Å². The molecule has 2 saturated carbocycles. The number of aliphatic hydroxyl groups is 1. The van der Waals surface area contributed by atoms with Gasteiger partial charge in [-0.05, 0) is 54.9 Å². The van der Waals surface area contributed by atoms with Crippen molar-refractivity contribution in [2.45, 2.75) is 60.8 Å². The standard InChI is InChI=1S/C26H24N2O3/c29-18-8-7-14-9-24-12-25-19(14)21(18)31-22(25)20-16(15-3-1-2-4-17(15)27-20)10-26(25,30)23(24)28(24)11-13-5-6-13/h1-4,7-8,13,22-23,27,29-30H,5-6,9-12H2/t22-,23?,24?,25?,26+,28?/m0/s1. The Labute approximate surface area is 179 Å². The molecule has 2 aliphatic heterocycles. The number of fused-ring (bicyclic) bond motifs is 5. The maximum Gasteiger partial charge on any atom is 0.166 e. The van der Waals surface area contributed by atoms with Gasteiger partial charge in [0.2, 0.25) is 0 Å². The van der Waals surface area contributed by atoms with Crippen LogP contribution >= 0.6 is 0 Å².